The van der Waals surface area contributed by atoms with E-state index < -0.39 is 0 Å². The summed E-state index contributed by atoms with van der Waals surface area (Å²) in [6, 6.07) is 13.5. The molecule has 2 aromatic rings. The summed E-state index contributed by atoms with van der Waals surface area (Å²) in [5.74, 6) is 0.235. The normalized spacial score (nSPS) is 10.4. The molecule has 0 radical (unpaired) electrons. The molecular formula is C14H13N3O2S. The Kier molecular flexibility index (Phi) is 4.52. The highest BCUT2D eigenvalue weighted by Gasteiger charge is 2.01. The maximum absolute atomic E-state index is 9.58. The van der Waals surface area contributed by atoms with Crippen molar-refractivity contribution in [2.24, 2.45) is 5.10 Å². The van der Waals surface area contributed by atoms with Gasteiger partial charge in [0.15, 0.2) is 5.11 Å². The van der Waals surface area contributed by atoms with E-state index in [9.17, 15) is 10.2 Å². The summed E-state index contributed by atoms with van der Waals surface area (Å²) in [6.45, 7) is 0. The molecule has 102 valence electrons. The van der Waals surface area contributed by atoms with Crippen molar-refractivity contribution in [2.45, 2.75) is 0 Å². The number of hydrogen-bond donors (Lipinski definition) is 4. The number of benzene rings is 2. The summed E-state index contributed by atoms with van der Waals surface area (Å²) in [6.07, 6.45) is 1.45. The first-order chi connectivity index (χ1) is 9.66. The highest BCUT2D eigenvalue weighted by molar-refractivity contribution is 7.80. The third-order valence-corrected chi connectivity index (χ3v) is 2.65. The monoisotopic (exact) mass is 287 g/mol. The van der Waals surface area contributed by atoms with Gasteiger partial charge in [-0.25, -0.2) is 0 Å². The van der Waals surface area contributed by atoms with Crippen LogP contribution in [0, 0.1) is 0 Å². The first-order valence-corrected chi connectivity index (χ1v) is 6.23. The minimum absolute atomic E-state index is 0.0985. The smallest absolute Gasteiger partial charge is 0.191 e. The van der Waals surface area contributed by atoms with Gasteiger partial charge in [0.25, 0.3) is 0 Å². The van der Waals surface area contributed by atoms with Crippen molar-refractivity contribution in [3.63, 3.8) is 0 Å². The van der Waals surface area contributed by atoms with Crippen molar-refractivity contribution in [1.29, 1.82) is 0 Å². The van der Waals surface area contributed by atoms with E-state index in [1.165, 1.54) is 6.21 Å². The van der Waals surface area contributed by atoms with Crippen LogP contribution in [0.15, 0.2) is 53.6 Å². The fraction of sp³-hybridized carbons (Fsp3) is 0. The van der Waals surface area contributed by atoms with Crippen molar-refractivity contribution in [3.8, 4) is 11.5 Å². The first kappa shape index (κ1) is 13.8. The SMILES string of the molecule is Oc1ccccc1/C=N/NC(=S)Nc1ccccc1O. The fourth-order valence-electron chi connectivity index (χ4n) is 1.49. The predicted molar refractivity (Wildman–Crippen MR) is 83.2 cm³/mol. The number of para-hydroxylation sites is 3. The van der Waals surface area contributed by atoms with Crippen molar-refractivity contribution < 1.29 is 10.2 Å². The highest BCUT2D eigenvalue weighted by Crippen LogP contribution is 2.21. The van der Waals surface area contributed by atoms with Crippen molar-refractivity contribution in [1.82, 2.24) is 5.43 Å². The second-order valence-corrected chi connectivity index (χ2v) is 4.31. The minimum Gasteiger partial charge on any atom is -0.507 e. The first-order valence-electron chi connectivity index (χ1n) is 5.83. The van der Waals surface area contributed by atoms with Gasteiger partial charge in [-0.3, -0.25) is 5.43 Å². The molecule has 20 heavy (non-hydrogen) atoms. The van der Waals surface area contributed by atoms with Gasteiger partial charge in [0.1, 0.15) is 11.5 Å². The van der Waals surface area contributed by atoms with Crippen LogP contribution in [0.25, 0.3) is 0 Å². The van der Waals surface area contributed by atoms with Crippen LogP contribution in [0.4, 0.5) is 5.69 Å². The zero-order valence-corrected chi connectivity index (χ0v) is 11.3. The number of phenols is 2. The van der Waals surface area contributed by atoms with Crippen molar-refractivity contribution in [3.05, 3.63) is 54.1 Å². The molecule has 0 aliphatic heterocycles. The van der Waals surface area contributed by atoms with Gasteiger partial charge < -0.3 is 15.5 Å². The van der Waals surface area contributed by atoms with Gasteiger partial charge in [0.05, 0.1) is 11.9 Å². The van der Waals surface area contributed by atoms with E-state index in [-0.39, 0.29) is 16.6 Å². The minimum atomic E-state index is 0.0985. The fourth-order valence-corrected chi connectivity index (χ4v) is 1.65. The number of anilines is 1. The number of nitrogens with zero attached hydrogens (tertiary/aromatic N) is 1. The van der Waals surface area contributed by atoms with E-state index in [0.29, 0.717) is 11.3 Å². The maximum atomic E-state index is 9.58. The molecule has 0 atom stereocenters. The van der Waals surface area contributed by atoms with Gasteiger partial charge in [0.2, 0.25) is 0 Å². The lowest BCUT2D eigenvalue weighted by molar-refractivity contribution is 0.474. The predicted octanol–water partition coefficient (Wildman–Crippen LogP) is 2.42. The lowest BCUT2D eigenvalue weighted by Gasteiger charge is -2.08. The highest BCUT2D eigenvalue weighted by atomic mass is 32.1. The lowest BCUT2D eigenvalue weighted by Crippen LogP contribution is -2.23. The maximum Gasteiger partial charge on any atom is 0.191 e. The summed E-state index contributed by atoms with van der Waals surface area (Å²) in [5.41, 5.74) is 3.66. The van der Waals surface area contributed by atoms with Crippen molar-refractivity contribution >= 4 is 29.2 Å². The van der Waals surface area contributed by atoms with E-state index >= 15 is 0 Å². The van der Waals surface area contributed by atoms with Gasteiger partial charge in [0, 0.05) is 5.56 Å². The second kappa shape index (κ2) is 6.53. The largest absolute Gasteiger partial charge is 0.507 e. The Morgan fingerprint density at radius 3 is 2.35 bits per heavy atom. The second-order valence-electron chi connectivity index (χ2n) is 3.90. The van der Waals surface area contributed by atoms with Crippen LogP contribution in [-0.4, -0.2) is 21.5 Å². The Bertz CT molecular complexity index is 644. The molecule has 4 N–H and O–H groups in total. The van der Waals surface area contributed by atoms with E-state index in [4.69, 9.17) is 12.2 Å². The van der Waals surface area contributed by atoms with Crippen molar-refractivity contribution in [2.75, 3.05) is 5.32 Å². The van der Waals surface area contributed by atoms with Gasteiger partial charge >= 0.3 is 0 Å². The van der Waals surface area contributed by atoms with Gasteiger partial charge in [-0.1, -0.05) is 24.3 Å². The molecule has 0 spiro atoms. The quantitative estimate of drug-likeness (QED) is 0.302. The molecule has 2 rings (SSSR count). The summed E-state index contributed by atoms with van der Waals surface area (Å²) in [4.78, 5) is 0. The van der Waals surface area contributed by atoms with Crippen LogP contribution < -0.4 is 10.7 Å². The zero-order valence-electron chi connectivity index (χ0n) is 10.4. The van der Waals surface area contributed by atoms with Crippen LogP contribution in [0.5, 0.6) is 11.5 Å². The molecule has 0 bridgehead atoms. The molecule has 0 saturated heterocycles. The third kappa shape index (κ3) is 3.69. The standard InChI is InChI=1S/C14H13N3O2S/c18-12-7-3-1-5-10(12)9-15-17-14(20)16-11-6-2-4-8-13(11)19/h1-9,18-19H,(H2,16,17,20)/b15-9+. The molecule has 0 aromatic heterocycles. The van der Waals surface area contributed by atoms with Crippen LogP contribution in [-0.2, 0) is 0 Å². The molecular weight excluding hydrogens is 274 g/mol. The molecule has 0 saturated carbocycles. The Hall–Kier alpha value is -2.60. The summed E-state index contributed by atoms with van der Waals surface area (Å²) >= 11 is 5.03. The van der Waals surface area contributed by atoms with Crippen LogP contribution in [0.1, 0.15) is 5.56 Å². The Balaban J connectivity index is 1.93. The summed E-state index contributed by atoms with van der Waals surface area (Å²) < 4.78 is 0. The van der Waals surface area contributed by atoms with E-state index in [2.05, 4.69) is 15.8 Å². The summed E-state index contributed by atoms with van der Waals surface area (Å²) in [5, 5.41) is 26.1. The average Bonchev–Trinajstić information content (AvgIpc) is 2.43. The number of aromatic hydroxyl groups is 2. The Morgan fingerprint density at radius 1 is 1.00 bits per heavy atom. The van der Waals surface area contributed by atoms with Gasteiger partial charge in [-0.2, -0.15) is 5.10 Å². The van der Waals surface area contributed by atoms with Crippen LogP contribution >= 0.6 is 12.2 Å². The topological polar surface area (TPSA) is 76.9 Å². The molecule has 6 heteroatoms. The van der Waals surface area contributed by atoms with Gasteiger partial charge in [-0.15, -0.1) is 0 Å². The average molecular weight is 287 g/mol. The zero-order chi connectivity index (χ0) is 14.4. The molecule has 0 aliphatic rings. The summed E-state index contributed by atoms with van der Waals surface area (Å²) in [7, 11) is 0. The van der Waals surface area contributed by atoms with Gasteiger partial charge in [-0.05, 0) is 36.5 Å². The van der Waals surface area contributed by atoms with Crippen LogP contribution in [0.2, 0.25) is 0 Å². The Labute approximate surface area is 121 Å². The number of hydrazone groups is 1. The van der Waals surface area contributed by atoms with Crippen LogP contribution in [0.3, 0.4) is 0 Å². The number of phenolic OH excluding ortho intramolecular Hbond substituents is 2. The molecule has 0 heterocycles. The molecule has 5 nitrogen and oxygen atoms in total. The Morgan fingerprint density at radius 2 is 1.65 bits per heavy atom. The number of hydrogen-bond acceptors (Lipinski definition) is 4. The van der Waals surface area contributed by atoms with E-state index in [1.807, 2.05) is 0 Å². The molecule has 0 aliphatic carbocycles. The van der Waals surface area contributed by atoms with E-state index in [0.717, 1.165) is 0 Å². The lowest BCUT2D eigenvalue weighted by atomic mass is 10.2. The number of thiocarbonyl (C=S) groups is 1. The molecule has 0 fully saturated rings. The molecule has 2 aromatic carbocycles. The molecule has 0 amide bonds. The third-order valence-electron chi connectivity index (χ3n) is 2.46. The number of rotatable bonds is 3. The number of nitrogens with one attached hydrogen (secondary N) is 2. The molecule has 0 unspecified atom stereocenters. The van der Waals surface area contributed by atoms with E-state index in [1.54, 1.807) is 48.5 Å².